The summed E-state index contributed by atoms with van der Waals surface area (Å²) in [5, 5.41) is 0. The zero-order valence-electron chi connectivity index (χ0n) is 10.4. The van der Waals surface area contributed by atoms with Gasteiger partial charge in [0, 0.05) is 18.4 Å². The van der Waals surface area contributed by atoms with E-state index in [2.05, 4.69) is 9.97 Å². The van der Waals surface area contributed by atoms with Gasteiger partial charge in [0.1, 0.15) is 24.2 Å². The third-order valence-corrected chi connectivity index (χ3v) is 2.81. The molecule has 0 aliphatic rings. The second-order valence-electron chi connectivity index (χ2n) is 4.09. The molecule has 1 aromatic carbocycles. The number of pyridine rings is 1. The van der Waals surface area contributed by atoms with Crippen molar-refractivity contribution in [1.29, 1.82) is 0 Å². The van der Waals surface area contributed by atoms with Crippen LogP contribution >= 0.6 is 0 Å². The monoisotopic (exact) mass is 254 g/mol. The Morgan fingerprint density at radius 3 is 2.74 bits per heavy atom. The lowest BCUT2D eigenvalue weighted by molar-refractivity contribution is 0.328. The molecule has 0 bridgehead atoms. The van der Waals surface area contributed by atoms with Gasteiger partial charge in [-0.25, -0.2) is 9.97 Å². The molecule has 2 aromatic heterocycles. The van der Waals surface area contributed by atoms with Gasteiger partial charge in [0.25, 0.3) is 0 Å². The smallest absolute Gasteiger partial charge is 0.164 e. The molecule has 0 amide bonds. The van der Waals surface area contributed by atoms with E-state index in [9.17, 15) is 0 Å². The number of fused-ring (bicyclic) bond motifs is 1. The standard InChI is InChI=1S/C14H14N4O/c15-7-9-19-12-5-3-11(4-6-12)18-10-17-13-2-1-8-16-14(13)18/h1-6,8,10H,7,9,15H2. The molecule has 0 saturated heterocycles. The van der Waals surface area contributed by atoms with E-state index in [1.165, 1.54) is 0 Å². The summed E-state index contributed by atoms with van der Waals surface area (Å²) < 4.78 is 7.40. The third kappa shape index (κ3) is 2.28. The van der Waals surface area contributed by atoms with Gasteiger partial charge in [-0.15, -0.1) is 0 Å². The molecule has 0 aliphatic carbocycles. The van der Waals surface area contributed by atoms with E-state index in [1.54, 1.807) is 12.5 Å². The molecule has 5 heteroatoms. The molecule has 0 unspecified atom stereocenters. The summed E-state index contributed by atoms with van der Waals surface area (Å²) in [6.07, 6.45) is 3.53. The van der Waals surface area contributed by atoms with Gasteiger partial charge in [-0.1, -0.05) is 0 Å². The van der Waals surface area contributed by atoms with Crippen molar-refractivity contribution in [3.63, 3.8) is 0 Å². The summed E-state index contributed by atoms with van der Waals surface area (Å²) in [4.78, 5) is 8.66. The first-order valence-corrected chi connectivity index (χ1v) is 6.10. The Labute approximate surface area is 110 Å². The number of rotatable bonds is 4. The number of hydrogen-bond donors (Lipinski definition) is 1. The maximum absolute atomic E-state index is 5.45. The van der Waals surface area contributed by atoms with Crippen LogP contribution in [0.15, 0.2) is 48.9 Å². The highest BCUT2D eigenvalue weighted by molar-refractivity contribution is 5.72. The summed E-state index contributed by atoms with van der Waals surface area (Å²) in [5.41, 5.74) is 8.13. The average Bonchev–Trinajstić information content (AvgIpc) is 2.90. The zero-order valence-corrected chi connectivity index (χ0v) is 10.4. The molecular weight excluding hydrogens is 240 g/mol. The molecule has 0 aliphatic heterocycles. The first-order valence-electron chi connectivity index (χ1n) is 6.10. The molecule has 19 heavy (non-hydrogen) atoms. The second-order valence-corrected chi connectivity index (χ2v) is 4.09. The van der Waals surface area contributed by atoms with Crippen LogP contribution in [0.3, 0.4) is 0 Å². The molecule has 2 heterocycles. The van der Waals surface area contributed by atoms with Crippen LogP contribution < -0.4 is 10.5 Å². The summed E-state index contributed by atoms with van der Waals surface area (Å²) >= 11 is 0. The highest BCUT2D eigenvalue weighted by Gasteiger charge is 2.04. The molecule has 3 aromatic rings. The lowest BCUT2D eigenvalue weighted by Gasteiger charge is -2.07. The Hall–Kier alpha value is -2.40. The van der Waals surface area contributed by atoms with Crippen LogP contribution in [0.4, 0.5) is 0 Å². The molecule has 0 saturated carbocycles. The largest absolute Gasteiger partial charge is 0.492 e. The summed E-state index contributed by atoms with van der Waals surface area (Å²) in [5.74, 6) is 0.812. The normalized spacial score (nSPS) is 10.8. The quantitative estimate of drug-likeness (QED) is 0.770. The molecule has 5 nitrogen and oxygen atoms in total. The highest BCUT2D eigenvalue weighted by atomic mass is 16.5. The predicted molar refractivity (Wildman–Crippen MR) is 73.4 cm³/mol. The van der Waals surface area contributed by atoms with Crippen molar-refractivity contribution < 1.29 is 4.74 Å². The minimum absolute atomic E-state index is 0.512. The van der Waals surface area contributed by atoms with Crippen molar-refractivity contribution in [3.05, 3.63) is 48.9 Å². The predicted octanol–water partition coefficient (Wildman–Crippen LogP) is 1.76. The summed E-state index contributed by atoms with van der Waals surface area (Å²) in [6, 6.07) is 11.6. The van der Waals surface area contributed by atoms with E-state index >= 15 is 0 Å². The topological polar surface area (TPSA) is 66.0 Å². The van der Waals surface area contributed by atoms with Crippen molar-refractivity contribution in [1.82, 2.24) is 14.5 Å². The highest BCUT2D eigenvalue weighted by Crippen LogP contribution is 2.18. The number of nitrogens with zero attached hydrogens (tertiary/aromatic N) is 3. The molecule has 96 valence electrons. The fourth-order valence-corrected chi connectivity index (χ4v) is 1.92. The zero-order chi connectivity index (χ0) is 13.1. The van der Waals surface area contributed by atoms with Gasteiger partial charge in [0.05, 0.1) is 0 Å². The Balaban J connectivity index is 1.93. The number of hydrogen-bond acceptors (Lipinski definition) is 4. The van der Waals surface area contributed by atoms with Gasteiger partial charge in [-0.3, -0.25) is 4.57 Å². The van der Waals surface area contributed by atoms with Crippen LogP contribution in [0.1, 0.15) is 0 Å². The van der Waals surface area contributed by atoms with Crippen molar-refractivity contribution in [2.45, 2.75) is 0 Å². The van der Waals surface area contributed by atoms with Gasteiger partial charge in [-0.2, -0.15) is 0 Å². The van der Waals surface area contributed by atoms with E-state index in [0.29, 0.717) is 13.2 Å². The minimum Gasteiger partial charge on any atom is -0.492 e. The maximum Gasteiger partial charge on any atom is 0.164 e. The Morgan fingerprint density at radius 2 is 1.95 bits per heavy atom. The molecule has 0 spiro atoms. The molecule has 0 fully saturated rings. The lowest BCUT2D eigenvalue weighted by atomic mass is 10.3. The first kappa shape index (κ1) is 11.7. The van der Waals surface area contributed by atoms with E-state index in [1.807, 2.05) is 41.0 Å². The summed E-state index contributed by atoms with van der Waals surface area (Å²) in [6.45, 7) is 1.03. The second kappa shape index (κ2) is 5.07. The molecule has 0 atom stereocenters. The Kier molecular flexibility index (Phi) is 3.12. The summed E-state index contributed by atoms with van der Waals surface area (Å²) in [7, 11) is 0. The van der Waals surface area contributed by atoms with Crippen LogP contribution in [0.2, 0.25) is 0 Å². The third-order valence-electron chi connectivity index (χ3n) is 2.81. The fourth-order valence-electron chi connectivity index (χ4n) is 1.92. The van der Waals surface area contributed by atoms with Crippen molar-refractivity contribution in [2.24, 2.45) is 5.73 Å². The van der Waals surface area contributed by atoms with Crippen molar-refractivity contribution >= 4 is 11.2 Å². The van der Waals surface area contributed by atoms with E-state index in [4.69, 9.17) is 10.5 Å². The number of imidazole rings is 1. The maximum atomic E-state index is 5.45. The number of ether oxygens (including phenoxy) is 1. The SMILES string of the molecule is NCCOc1ccc(-n2cnc3cccnc32)cc1. The van der Waals surface area contributed by atoms with Crippen LogP contribution in [0.25, 0.3) is 16.9 Å². The molecule has 0 radical (unpaired) electrons. The van der Waals surface area contributed by atoms with E-state index in [0.717, 1.165) is 22.6 Å². The Bertz CT molecular complexity index is 675. The van der Waals surface area contributed by atoms with Crippen molar-refractivity contribution in [3.8, 4) is 11.4 Å². The van der Waals surface area contributed by atoms with Crippen LogP contribution in [-0.2, 0) is 0 Å². The van der Waals surface area contributed by atoms with Crippen LogP contribution in [0.5, 0.6) is 5.75 Å². The lowest BCUT2D eigenvalue weighted by Crippen LogP contribution is -2.10. The average molecular weight is 254 g/mol. The minimum atomic E-state index is 0.512. The first-order chi connectivity index (χ1) is 9.38. The van der Waals surface area contributed by atoms with Gasteiger partial charge >= 0.3 is 0 Å². The fraction of sp³-hybridized carbons (Fsp3) is 0.143. The Morgan fingerprint density at radius 1 is 1.11 bits per heavy atom. The van der Waals surface area contributed by atoms with Crippen molar-refractivity contribution in [2.75, 3.05) is 13.2 Å². The molecule has 2 N–H and O–H groups in total. The van der Waals surface area contributed by atoms with E-state index < -0.39 is 0 Å². The number of aromatic nitrogens is 3. The molecular formula is C14H14N4O. The van der Waals surface area contributed by atoms with Gasteiger partial charge in [0.15, 0.2) is 5.65 Å². The molecule has 3 rings (SSSR count). The van der Waals surface area contributed by atoms with Gasteiger partial charge < -0.3 is 10.5 Å². The number of benzene rings is 1. The van der Waals surface area contributed by atoms with Gasteiger partial charge in [0.2, 0.25) is 0 Å². The van der Waals surface area contributed by atoms with Crippen LogP contribution in [-0.4, -0.2) is 27.7 Å². The number of nitrogens with two attached hydrogens (primary N) is 1. The van der Waals surface area contributed by atoms with Crippen LogP contribution in [0, 0.1) is 0 Å². The van der Waals surface area contributed by atoms with E-state index in [-0.39, 0.29) is 0 Å². The van der Waals surface area contributed by atoms with Gasteiger partial charge in [-0.05, 0) is 36.4 Å².